The van der Waals surface area contributed by atoms with Crippen LogP contribution in [0.15, 0.2) is 24.3 Å². The molecule has 0 unspecified atom stereocenters. The van der Waals surface area contributed by atoms with Crippen molar-refractivity contribution < 1.29 is 4.74 Å². The molecule has 0 fully saturated rings. The molecular formula is C14H23NO. The number of rotatable bonds is 7. The minimum Gasteiger partial charge on any atom is -0.493 e. The lowest BCUT2D eigenvalue weighted by Gasteiger charge is -2.11. The van der Waals surface area contributed by atoms with Crippen molar-refractivity contribution >= 4 is 5.69 Å². The summed E-state index contributed by atoms with van der Waals surface area (Å²) in [5.74, 6) is 1.52. The van der Waals surface area contributed by atoms with E-state index in [4.69, 9.17) is 4.74 Å². The molecule has 2 heteroatoms. The van der Waals surface area contributed by atoms with Crippen molar-refractivity contribution in [3.8, 4) is 5.75 Å². The highest BCUT2D eigenvalue weighted by Crippen LogP contribution is 2.17. The summed E-state index contributed by atoms with van der Waals surface area (Å²) < 4.78 is 5.67. The molecule has 0 aliphatic heterocycles. The van der Waals surface area contributed by atoms with E-state index in [9.17, 15) is 0 Å². The number of hydrogen-bond acceptors (Lipinski definition) is 2. The predicted molar refractivity (Wildman–Crippen MR) is 70.2 cm³/mol. The molecule has 0 aliphatic rings. The van der Waals surface area contributed by atoms with Crippen LogP contribution in [-0.2, 0) is 0 Å². The van der Waals surface area contributed by atoms with Crippen LogP contribution in [0.25, 0.3) is 0 Å². The Balaban J connectivity index is 2.43. The van der Waals surface area contributed by atoms with Gasteiger partial charge < -0.3 is 10.1 Å². The lowest BCUT2D eigenvalue weighted by atomic mass is 10.2. The second-order valence-corrected chi connectivity index (χ2v) is 4.51. The minimum absolute atomic E-state index is 0.566. The number of anilines is 1. The van der Waals surface area contributed by atoms with Gasteiger partial charge in [-0.15, -0.1) is 0 Å². The number of ether oxygens (including phenoxy) is 1. The molecule has 1 N–H and O–H groups in total. The monoisotopic (exact) mass is 221 g/mol. The third kappa shape index (κ3) is 5.06. The van der Waals surface area contributed by atoms with Crippen LogP contribution in [0, 0.1) is 5.92 Å². The first kappa shape index (κ1) is 12.9. The fraction of sp³-hybridized carbons (Fsp3) is 0.571. The SMILES string of the molecule is CCCCNc1cccc(OCC(C)C)c1. The summed E-state index contributed by atoms with van der Waals surface area (Å²) >= 11 is 0. The van der Waals surface area contributed by atoms with Gasteiger partial charge in [-0.25, -0.2) is 0 Å². The van der Waals surface area contributed by atoms with Gasteiger partial charge in [0.05, 0.1) is 6.61 Å². The van der Waals surface area contributed by atoms with Gasteiger partial charge in [0.1, 0.15) is 5.75 Å². The molecule has 0 spiro atoms. The van der Waals surface area contributed by atoms with Crippen molar-refractivity contribution in [3.63, 3.8) is 0 Å². The summed E-state index contributed by atoms with van der Waals surface area (Å²) in [6.45, 7) is 8.32. The van der Waals surface area contributed by atoms with E-state index in [0.717, 1.165) is 24.6 Å². The smallest absolute Gasteiger partial charge is 0.121 e. The first-order valence-corrected chi connectivity index (χ1v) is 6.19. The third-order valence-electron chi connectivity index (χ3n) is 2.28. The van der Waals surface area contributed by atoms with Crippen LogP contribution in [0.4, 0.5) is 5.69 Å². The highest BCUT2D eigenvalue weighted by molar-refractivity contribution is 5.48. The van der Waals surface area contributed by atoms with E-state index in [2.05, 4.69) is 38.2 Å². The van der Waals surface area contributed by atoms with Gasteiger partial charge in [-0.05, 0) is 24.5 Å². The van der Waals surface area contributed by atoms with Crippen molar-refractivity contribution in [2.24, 2.45) is 5.92 Å². The topological polar surface area (TPSA) is 21.3 Å². The standard InChI is InChI=1S/C14H23NO/c1-4-5-9-15-13-7-6-8-14(10-13)16-11-12(2)3/h6-8,10,12,15H,4-5,9,11H2,1-3H3. The van der Waals surface area contributed by atoms with Crippen LogP contribution in [0.5, 0.6) is 5.75 Å². The van der Waals surface area contributed by atoms with Crippen LogP contribution < -0.4 is 10.1 Å². The molecule has 0 heterocycles. The van der Waals surface area contributed by atoms with E-state index in [1.54, 1.807) is 0 Å². The maximum absolute atomic E-state index is 5.67. The van der Waals surface area contributed by atoms with Crippen molar-refractivity contribution in [2.45, 2.75) is 33.6 Å². The Morgan fingerprint density at radius 2 is 2.12 bits per heavy atom. The first-order valence-electron chi connectivity index (χ1n) is 6.19. The van der Waals surface area contributed by atoms with Gasteiger partial charge in [0.15, 0.2) is 0 Å². The molecule has 0 atom stereocenters. The highest BCUT2D eigenvalue weighted by Gasteiger charge is 1.98. The summed E-state index contributed by atoms with van der Waals surface area (Å²) in [6.07, 6.45) is 2.42. The van der Waals surface area contributed by atoms with Gasteiger partial charge in [0.25, 0.3) is 0 Å². The molecule has 90 valence electrons. The van der Waals surface area contributed by atoms with Crippen molar-refractivity contribution in [1.82, 2.24) is 0 Å². The summed E-state index contributed by atoms with van der Waals surface area (Å²) in [5, 5.41) is 3.39. The second-order valence-electron chi connectivity index (χ2n) is 4.51. The zero-order valence-electron chi connectivity index (χ0n) is 10.6. The van der Waals surface area contributed by atoms with E-state index in [-0.39, 0.29) is 0 Å². The molecule has 0 radical (unpaired) electrons. The van der Waals surface area contributed by atoms with Gasteiger partial charge in [-0.1, -0.05) is 33.3 Å². The molecule has 0 amide bonds. The van der Waals surface area contributed by atoms with Crippen molar-refractivity contribution in [2.75, 3.05) is 18.5 Å². The molecule has 0 saturated carbocycles. The van der Waals surface area contributed by atoms with E-state index in [1.807, 2.05) is 12.1 Å². The van der Waals surface area contributed by atoms with E-state index < -0.39 is 0 Å². The fourth-order valence-corrected chi connectivity index (χ4v) is 1.37. The summed E-state index contributed by atoms with van der Waals surface area (Å²) in [5.41, 5.74) is 1.15. The van der Waals surface area contributed by atoms with Crippen LogP contribution in [-0.4, -0.2) is 13.2 Å². The zero-order valence-corrected chi connectivity index (χ0v) is 10.6. The van der Waals surface area contributed by atoms with Crippen LogP contribution in [0.2, 0.25) is 0 Å². The van der Waals surface area contributed by atoms with E-state index >= 15 is 0 Å². The lowest BCUT2D eigenvalue weighted by Crippen LogP contribution is -2.05. The Morgan fingerprint density at radius 1 is 1.31 bits per heavy atom. The quantitative estimate of drug-likeness (QED) is 0.704. The molecule has 1 aromatic rings. The number of benzene rings is 1. The molecule has 1 rings (SSSR count). The average Bonchev–Trinajstić information content (AvgIpc) is 2.27. The Labute approximate surface area is 99.0 Å². The second kappa shape index (κ2) is 7.15. The normalized spacial score (nSPS) is 10.5. The Bertz CT molecular complexity index is 297. The lowest BCUT2D eigenvalue weighted by molar-refractivity contribution is 0.271. The maximum Gasteiger partial charge on any atom is 0.121 e. The third-order valence-corrected chi connectivity index (χ3v) is 2.28. The van der Waals surface area contributed by atoms with E-state index in [0.29, 0.717) is 5.92 Å². The minimum atomic E-state index is 0.566. The van der Waals surface area contributed by atoms with Crippen LogP contribution >= 0.6 is 0 Å². The van der Waals surface area contributed by atoms with Crippen molar-refractivity contribution in [1.29, 1.82) is 0 Å². The van der Waals surface area contributed by atoms with Gasteiger partial charge in [-0.3, -0.25) is 0 Å². The Kier molecular flexibility index (Phi) is 5.76. The first-order chi connectivity index (χ1) is 7.72. The molecular weight excluding hydrogens is 198 g/mol. The molecule has 16 heavy (non-hydrogen) atoms. The number of nitrogens with one attached hydrogen (secondary N) is 1. The maximum atomic E-state index is 5.67. The van der Waals surface area contributed by atoms with Gasteiger partial charge >= 0.3 is 0 Å². The fourth-order valence-electron chi connectivity index (χ4n) is 1.37. The molecule has 0 aromatic heterocycles. The van der Waals surface area contributed by atoms with Crippen molar-refractivity contribution in [3.05, 3.63) is 24.3 Å². The van der Waals surface area contributed by atoms with Gasteiger partial charge in [0.2, 0.25) is 0 Å². The summed E-state index contributed by atoms with van der Waals surface area (Å²) in [6, 6.07) is 8.19. The Morgan fingerprint density at radius 3 is 2.81 bits per heavy atom. The van der Waals surface area contributed by atoms with E-state index in [1.165, 1.54) is 12.8 Å². The molecule has 2 nitrogen and oxygen atoms in total. The van der Waals surface area contributed by atoms with Gasteiger partial charge in [0, 0.05) is 18.3 Å². The Hall–Kier alpha value is -1.18. The molecule has 0 aliphatic carbocycles. The average molecular weight is 221 g/mol. The zero-order chi connectivity index (χ0) is 11.8. The largest absolute Gasteiger partial charge is 0.493 e. The number of unbranched alkanes of at least 4 members (excludes halogenated alkanes) is 1. The highest BCUT2D eigenvalue weighted by atomic mass is 16.5. The van der Waals surface area contributed by atoms with Crippen LogP contribution in [0.1, 0.15) is 33.6 Å². The number of hydrogen-bond donors (Lipinski definition) is 1. The predicted octanol–water partition coefficient (Wildman–Crippen LogP) is 3.93. The summed E-state index contributed by atoms with van der Waals surface area (Å²) in [7, 11) is 0. The van der Waals surface area contributed by atoms with Crippen LogP contribution in [0.3, 0.4) is 0 Å². The van der Waals surface area contributed by atoms with Gasteiger partial charge in [-0.2, -0.15) is 0 Å². The molecule has 0 saturated heterocycles. The summed E-state index contributed by atoms with van der Waals surface area (Å²) in [4.78, 5) is 0. The molecule has 0 bridgehead atoms. The molecule has 1 aromatic carbocycles.